The van der Waals surface area contributed by atoms with Crippen molar-refractivity contribution in [1.82, 2.24) is 5.16 Å². The third-order valence-corrected chi connectivity index (χ3v) is 8.73. The maximum Gasteiger partial charge on any atom is 0.412 e. The lowest BCUT2D eigenvalue weighted by atomic mass is 9.93. The van der Waals surface area contributed by atoms with E-state index in [9.17, 15) is 24.9 Å². The highest BCUT2D eigenvalue weighted by Crippen LogP contribution is 2.50. The molecule has 2 fully saturated rings. The zero-order valence-corrected chi connectivity index (χ0v) is 25.6. The van der Waals surface area contributed by atoms with Crippen molar-refractivity contribution in [3.8, 4) is 22.5 Å². The highest BCUT2D eigenvalue weighted by molar-refractivity contribution is 5.91. The number of aryl methyl sites for hydroxylation is 1. The van der Waals surface area contributed by atoms with E-state index in [1.807, 2.05) is 78.9 Å². The van der Waals surface area contributed by atoms with E-state index in [0.717, 1.165) is 22.3 Å². The molecule has 1 saturated heterocycles. The van der Waals surface area contributed by atoms with E-state index < -0.39 is 54.3 Å². The molecule has 4 aromatic rings. The Morgan fingerprint density at radius 3 is 2.13 bits per heavy atom. The zero-order chi connectivity index (χ0) is 32.6. The Balaban J connectivity index is 1.11. The van der Waals surface area contributed by atoms with Gasteiger partial charge in [-0.15, -0.1) is 0 Å². The second-order valence-corrected chi connectivity index (χ2v) is 11.9. The molecule has 2 heterocycles. The first kappa shape index (κ1) is 31.4. The predicted octanol–water partition coefficient (Wildman–Crippen LogP) is 5.03. The Hall–Kier alpha value is -4.55. The quantitative estimate of drug-likeness (QED) is 0.195. The minimum Gasteiger partial charge on any atom is -0.441 e. The summed E-state index contributed by atoms with van der Waals surface area (Å²) in [4.78, 5) is 25.9. The van der Waals surface area contributed by atoms with E-state index in [1.165, 1.54) is 6.92 Å². The van der Waals surface area contributed by atoms with Crippen LogP contribution in [0.25, 0.3) is 22.5 Å². The van der Waals surface area contributed by atoms with Gasteiger partial charge in [0.05, 0.1) is 11.5 Å². The minimum absolute atomic E-state index is 0.404. The fourth-order valence-electron chi connectivity index (χ4n) is 5.66. The van der Waals surface area contributed by atoms with Gasteiger partial charge >= 0.3 is 12.1 Å². The van der Waals surface area contributed by atoms with Crippen molar-refractivity contribution in [3.63, 3.8) is 0 Å². The van der Waals surface area contributed by atoms with Crippen LogP contribution >= 0.6 is 0 Å². The van der Waals surface area contributed by atoms with Gasteiger partial charge in [-0.25, -0.2) is 4.79 Å². The van der Waals surface area contributed by atoms with Crippen LogP contribution in [0.5, 0.6) is 0 Å². The van der Waals surface area contributed by atoms with Crippen LogP contribution in [0.2, 0.25) is 0 Å². The summed E-state index contributed by atoms with van der Waals surface area (Å²) in [7, 11) is 0. The number of amides is 1. The molecule has 0 spiro atoms. The third kappa shape index (κ3) is 6.14. The van der Waals surface area contributed by atoms with Crippen molar-refractivity contribution < 1.29 is 43.6 Å². The number of nitrogens with one attached hydrogen (secondary N) is 1. The summed E-state index contributed by atoms with van der Waals surface area (Å²) in [6, 6.07) is 24.6. The standard InChI is InChI=1S/C35H36N2O9/c1-19-27(36-34(42)44-20(2)22-7-5-4-6-8-22)31(46-37-19)25-11-9-23(10-12-25)24-13-15-26(16-14-24)35(17-18-35)33(41)45-32-30(40)29(39)28(38)21(3)43-32/h4-16,20-21,28-30,32,38-40H,17-18H2,1-3H3,(H,36,42)/t20-,21?,28?,29?,30?,32?/m1/s1. The van der Waals surface area contributed by atoms with Crippen LogP contribution in [0.3, 0.4) is 0 Å². The largest absolute Gasteiger partial charge is 0.441 e. The first-order valence-electron chi connectivity index (χ1n) is 15.2. The molecule has 6 atom stereocenters. The predicted molar refractivity (Wildman–Crippen MR) is 166 cm³/mol. The van der Waals surface area contributed by atoms with E-state index in [2.05, 4.69) is 10.5 Å². The lowest BCUT2D eigenvalue weighted by molar-refractivity contribution is -0.285. The summed E-state index contributed by atoms with van der Waals surface area (Å²) in [5.74, 6) is -0.143. The molecule has 0 bridgehead atoms. The minimum atomic E-state index is -1.55. The van der Waals surface area contributed by atoms with Crippen LogP contribution in [0, 0.1) is 6.92 Å². The molecule has 46 heavy (non-hydrogen) atoms. The number of nitrogens with zero attached hydrogens (tertiary/aromatic N) is 1. The number of aromatic nitrogens is 1. The first-order chi connectivity index (χ1) is 22.1. The summed E-state index contributed by atoms with van der Waals surface area (Å²) < 4.78 is 22.1. The van der Waals surface area contributed by atoms with Gasteiger partial charge in [0.2, 0.25) is 6.29 Å². The summed E-state index contributed by atoms with van der Waals surface area (Å²) in [5.41, 5.74) is 4.29. The van der Waals surface area contributed by atoms with Crippen molar-refractivity contribution >= 4 is 17.7 Å². The Morgan fingerprint density at radius 2 is 1.50 bits per heavy atom. The molecule has 5 unspecified atom stereocenters. The van der Waals surface area contributed by atoms with Crippen LogP contribution in [-0.2, 0) is 24.4 Å². The average Bonchev–Trinajstić information content (AvgIpc) is 3.81. The number of carbonyl (C=O) groups excluding carboxylic acids is 2. The van der Waals surface area contributed by atoms with Gasteiger partial charge < -0.3 is 34.1 Å². The number of carbonyl (C=O) groups is 2. The number of anilines is 1. The second-order valence-electron chi connectivity index (χ2n) is 11.9. The lowest BCUT2D eigenvalue weighted by Gasteiger charge is -2.38. The van der Waals surface area contributed by atoms with E-state index in [-0.39, 0.29) is 0 Å². The molecule has 1 aliphatic heterocycles. The number of ether oxygens (including phenoxy) is 3. The van der Waals surface area contributed by atoms with Gasteiger partial charge in [0.15, 0.2) is 5.76 Å². The van der Waals surface area contributed by atoms with Gasteiger partial charge in [-0.2, -0.15) is 0 Å². The van der Waals surface area contributed by atoms with Crippen LogP contribution < -0.4 is 5.32 Å². The Morgan fingerprint density at radius 1 is 0.891 bits per heavy atom. The van der Waals surface area contributed by atoms with Gasteiger partial charge in [-0.1, -0.05) is 84.0 Å². The van der Waals surface area contributed by atoms with Crippen LogP contribution in [0.15, 0.2) is 83.4 Å². The van der Waals surface area contributed by atoms with Crippen molar-refractivity contribution in [2.75, 3.05) is 5.32 Å². The molecule has 11 nitrogen and oxygen atoms in total. The second kappa shape index (κ2) is 12.7. The smallest absolute Gasteiger partial charge is 0.412 e. The normalized spacial score (nSPS) is 24.1. The molecule has 0 radical (unpaired) electrons. The Kier molecular flexibility index (Phi) is 8.67. The van der Waals surface area contributed by atoms with Gasteiger partial charge in [0.1, 0.15) is 35.8 Å². The summed E-state index contributed by atoms with van der Waals surface area (Å²) >= 11 is 0. The van der Waals surface area contributed by atoms with E-state index in [0.29, 0.717) is 35.5 Å². The number of aliphatic hydroxyl groups is 3. The van der Waals surface area contributed by atoms with Crippen LogP contribution in [0.4, 0.5) is 10.5 Å². The molecule has 3 aromatic carbocycles. The molecule has 1 amide bonds. The van der Waals surface area contributed by atoms with Crippen molar-refractivity contribution in [2.45, 2.75) is 75.8 Å². The Labute approximate surface area is 265 Å². The molecule has 1 aromatic heterocycles. The van der Waals surface area contributed by atoms with E-state index in [1.54, 1.807) is 13.8 Å². The molecule has 4 N–H and O–H groups in total. The van der Waals surface area contributed by atoms with Gasteiger partial charge in [-0.05, 0) is 55.9 Å². The van der Waals surface area contributed by atoms with Crippen LogP contribution in [-0.4, -0.2) is 63.2 Å². The van der Waals surface area contributed by atoms with Crippen molar-refractivity contribution in [3.05, 3.63) is 95.7 Å². The molecule has 2 aliphatic rings. The SMILES string of the molecule is Cc1noc(-c2ccc(-c3ccc(C4(C(=O)OC5OC(C)C(O)C(O)C5O)CC4)cc3)cc2)c1NC(=O)O[C@H](C)c1ccccc1. The lowest BCUT2D eigenvalue weighted by Crippen LogP contribution is -2.58. The van der Waals surface area contributed by atoms with Gasteiger partial charge in [0, 0.05) is 5.56 Å². The fraction of sp³-hybridized carbons (Fsp3) is 0.343. The maximum absolute atomic E-state index is 13.2. The number of rotatable bonds is 8. The zero-order valence-electron chi connectivity index (χ0n) is 25.6. The number of benzene rings is 3. The maximum atomic E-state index is 13.2. The Bertz CT molecular complexity index is 1680. The molecule has 1 aliphatic carbocycles. The molecular formula is C35H36N2O9. The summed E-state index contributed by atoms with van der Waals surface area (Å²) in [6.07, 6.45) is -6.40. The number of aliphatic hydroxyl groups excluding tert-OH is 3. The number of esters is 1. The highest BCUT2D eigenvalue weighted by atomic mass is 16.7. The first-order valence-corrected chi connectivity index (χ1v) is 15.2. The van der Waals surface area contributed by atoms with Gasteiger partial charge in [-0.3, -0.25) is 10.1 Å². The monoisotopic (exact) mass is 628 g/mol. The molecule has 11 heteroatoms. The van der Waals surface area contributed by atoms with Crippen molar-refractivity contribution in [1.29, 1.82) is 0 Å². The van der Waals surface area contributed by atoms with E-state index in [4.69, 9.17) is 18.7 Å². The summed E-state index contributed by atoms with van der Waals surface area (Å²) in [5, 5.41) is 37.1. The van der Waals surface area contributed by atoms with E-state index >= 15 is 0 Å². The molecule has 6 rings (SSSR count). The number of hydrogen-bond acceptors (Lipinski definition) is 10. The number of hydrogen-bond donors (Lipinski definition) is 4. The van der Waals surface area contributed by atoms with Gasteiger partial charge in [0.25, 0.3) is 0 Å². The van der Waals surface area contributed by atoms with Crippen LogP contribution in [0.1, 0.15) is 49.6 Å². The molecular weight excluding hydrogens is 592 g/mol. The van der Waals surface area contributed by atoms with Crippen molar-refractivity contribution in [2.24, 2.45) is 0 Å². The molecule has 1 saturated carbocycles. The fourth-order valence-corrected chi connectivity index (χ4v) is 5.66. The summed E-state index contributed by atoms with van der Waals surface area (Å²) in [6.45, 7) is 5.07. The topological polar surface area (TPSA) is 161 Å². The third-order valence-electron chi connectivity index (χ3n) is 8.73. The average molecular weight is 629 g/mol. The highest BCUT2D eigenvalue weighted by Gasteiger charge is 2.55. The molecule has 240 valence electrons.